The highest BCUT2D eigenvalue weighted by atomic mass is 16.7. The van der Waals surface area contributed by atoms with Crippen LogP contribution in [0.1, 0.15) is 37.9 Å². The van der Waals surface area contributed by atoms with Gasteiger partial charge in [0.15, 0.2) is 11.5 Å². The van der Waals surface area contributed by atoms with Crippen LogP contribution in [-0.2, 0) is 6.54 Å². The number of aromatic nitrogens is 2. The minimum Gasteiger partial charge on any atom is -0.454 e. The summed E-state index contributed by atoms with van der Waals surface area (Å²) in [7, 11) is 0. The van der Waals surface area contributed by atoms with Gasteiger partial charge in [0, 0.05) is 31.4 Å². The minimum absolute atomic E-state index is 0.293. The van der Waals surface area contributed by atoms with Crippen molar-refractivity contribution in [3.05, 3.63) is 35.5 Å². The van der Waals surface area contributed by atoms with E-state index in [1.165, 1.54) is 0 Å². The minimum atomic E-state index is 0.293. The first-order valence-electron chi connectivity index (χ1n) is 8.92. The van der Waals surface area contributed by atoms with Gasteiger partial charge >= 0.3 is 0 Å². The number of rotatable bonds is 8. The van der Waals surface area contributed by atoms with Crippen LogP contribution in [-0.4, -0.2) is 29.9 Å². The number of fused-ring (bicyclic) bond motifs is 1. The van der Waals surface area contributed by atoms with Crippen LogP contribution in [0.15, 0.2) is 24.3 Å². The molecule has 0 unspecified atom stereocenters. The first-order valence-corrected chi connectivity index (χ1v) is 8.92. The van der Waals surface area contributed by atoms with Crippen LogP contribution < -0.4 is 19.7 Å². The van der Waals surface area contributed by atoms with Gasteiger partial charge in [0.25, 0.3) is 0 Å². The zero-order valence-electron chi connectivity index (χ0n) is 15.2. The van der Waals surface area contributed by atoms with Crippen LogP contribution in [0.5, 0.6) is 11.5 Å². The monoisotopic (exact) mass is 342 g/mol. The molecule has 3 rings (SSSR count). The van der Waals surface area contributed by atoms with E-state index in [4.69, 9.17) is 14.5 Å². The lowest BCUT2D eigenvalue weighted by Crippen LogP contribution is -2.26. The molecule has 1 N–H and O–H groups in total. The summed E-state index contributed by atoms with van der Waals surface area (Å²) in [6, 6.07) is 8.01. The molecule has 0 bridgehead atoms. The normalized spacial score (nSPS) is 12.3. The zero-order valence-corrected chi connectivity index (χ0v) is 15.2. The smallest absolute Gasteiger partial charge is 0.231 e. The number of anilines is 2. The third-order valence-electron chi connectivity index (χ3n) is 4.04. The molecular weight excluding hydrogens is 316 g/mol. The van der Waals surface area contributed by atoms with Crippen LogP contribution in [0.25, 0.3) is 0 Å². The fourth-order valence-corrected chi connectivity index (χ4v) is 2.91. The highest BCUT2D eigenvalue weighted by Crippen LogP contribution is 2.32. The van der Waals surface area contributed by atoms with Gasteiger partial charge in [-0.15, -0.1) is 0 Å². The average Bonchev–Trinajstić information content (AvgIpc) is 3.07. The number of nitrogens with zero attached hydrogens (tertiary/aromatic N) is 3. The van der Waals surface area contributed by atoms with Crippen molar-refractivity contribution in [2.45, 2.75) is 40.2 Å². The molecule has 0 spiro atoms. The predicted molar refractivity (Wildman–Crippen MR) is 99.5 cm³/mol. The van der Waals surface area contributed by atoms with Crippen LogP contribution in [0.3, 0.4) is 0 Å². The summed E-state index contributed by atoms with van der Waals surface area (Å²) in [5.74, 6) is 3.24. The summed E-state index contributed by atoms with van der Waals surface area (Å²) in [4.78, 5) is 11.5. The number of hydrogen-bond acceptors (Lipinski definition) is 6. The second-order valence-electron chi connectivity index (χ2n) is 6.22. The van der Waals surface area contributed by atoms with Crippen LogP contribution in [0.2, 0.25) is 0 Å². The fourth-order valence-electron chi connectivity index (χ4n) is 2.91. The highest BCUT2D eigenvalue weighted by Gasteiger charge is 2.13. The van der Waals surface area contributed by atoms with Crippen molar-refractivity contribution in [3.8, 4) is 11.5 Å². The van der Waals surface area contributed by atoms with Gasteiger partial charge in [-0.2, -0.15) is 4.98 Å². The van der Waals surface area contributed by atoms with Crippen molar-refractivity contribution in [2.75, 3.05) is 30.1 Å². The summed E-state index contributed by atoms with van der Waals surface area (Å²) in [6.07, 6.45) is 2.20. The van der Waals surface area contributed by atoms with Crippen molar-refractivity contribution in [1.29, 1.82) is 0 Å². The van der Waals surface area contributed by atoms with Gasteiger partial charge in [0.05, 0.1) is 0 Å². The Morgan fingerprint density at radius 1 is 1.04 bits per heavy atom. The lowest BCUT2D eigenvalue weighted by atomic mass is 10.2. The largest absolute Gasteiger partial charge is 0.454 e. The Balaban J connectivity index is 1.71. The number of nitrogens with one attached hydrogen (secondary N) is 1. The molecule has 0 radical (unpaired) electrons. The van der Waals surface area contributed by atoms with E-state index in [9.17, 15) is 0 Å². The maximum Gasteiger partial charge on any atom is 0.231 e. The number of ether oxygens (including phenoxy) is 2. The first kappa shape index (κ1) is 17.3. The third-order valence-corrected chi connectivity index (χ3v) is 4.04. The molecule has 0 saturated heterocycles. The number of aryl methyl sites for hydroxylation is 1. The van der Waals surface area contributed by atoms with E-state index in [1.54, 1.807) is 0 Å². The molecule has 6 heteroatoms. The van der Waals surface area contributed by atoms with E-state index in [0.29, 0.717) is 19.3 Å². The molecule has 0 atom stereocenters. The van der Waals surface area contributed by atoms with Gasteiger partial charge in [-0.25, -0.2) is 4.98 Å². The Bertz CT molecular complexity index is 715. The van der Waals surface area contributed by atoms with E-state index < -0.39 is 0 Å². The van der Waals surface area contributed by atoms with Gasteiger partial charge < -0.3 is 19.7 Å². The second-order valence-corrected chi connectivity index (χ2v) is 6.22. The van der Waals surface area contributed by atoms with Gasteiger partial charge in [-0.3, -0.25) is 0 Å². The fraction of sp³-hybridized carbons (Fsp3) is 0.474. The SMILES string of the molecule is CCCN(CCC)c1cc(C)nc(NCc2ccc3c(c2)OCO3)n1. The standard InChI is InChI=1S/C19H26N4O2/c1-4-8-23(9-5-2)18-10-14(3)21-19(22-18)20-12-15-6-7-16-17(11-15)25-13-24-16/h6-7,10-11H,4-5,8-9,12-13H2,1-3H3,(H,20,21,22). The van der Waals surface area contributed by atoms with Gasteiger partial charge in [0.2, 0.25) is 12.7 Å². The maximum atomic E-state index is 5.43. The average molecular weight is 342 g/mol. The molecule has 0 fully saturated rings. The maximum absolute atomic E-state index is 5.43. The van der Waals surface area contributed by atoms with Crippen molar-refractivity contribution in [3.63, 3.8) is 0 Å². The molecule has 1 aliphatic rings. The molecule has 1 aromatic heterocycles. The van der Waals surface area contributed by atoms with Crippen molar-refractivity contribution >= 4 is 11.8 Å². The molecular formula is C19H26N4O2. The molecule has 2 heterocycles. The second kappa shape index (κ2) is 8.05. The molecule has 25 heavy (non-hydrogen) atoms. The Labute approximate surface area is 149 Å². The lowest BCUT2D eigenvalue weighted by Gasteiger charge is -2.23. The quantitative estimate of drug-likeness (QED) is 0.788. The summed E-state index contributed by atoms with van der Waals surface area (Å²) in [5, 5.41) is 3.33. The van der Waals surface area contributed by atoms with Crippen molar-refractivity contribution < 1.29 is 9.47 Å². The molecule has 2 aromatic rings. The van der Waals surface area contributed by atoms with Crippen LogP contribution >= 0.6 is 0 Å². The molecule has 6 nitrogen and oxygen atoms in total. The molecule has 0 aliphatic carbocycles. The van der Waals surface area contributed by atoms with Gasteiger partial charge in [0.1, 0.15) is 5.82 Å². The van der Waals surface area contributed by atoms with Crippen LogP contribution in [0, 0.1) is 6.92 Å². The van der Waals surface area contributed by atoms with Crippen LogP contribution in [0.4, 0.5) is 11.8 Å². The highest BCUT2D eigenvalue weighted by molar-refractivity contribution is 5.47. The Morgan fingerprint density at radius 3 is 2.56 bits per heavy atom. The van der Waals surface area contributed by atoms with E-state index in [1.807, 2.05) is 25.1 Å². The van der Waals surface area contributed by atoms with E-state index >= 15 is 0 Å². The van der Waals surface area contributed by atoms with E-state index in [-0.39, 0.29) is 0 Å². The summed E-state index contributed by atoms with van der Waals surface area (Å²) < 4.78 is 10.8. The van der Waals surface area contributed by atoms with Gasteiger partial charge in [-0.05, 0) is 37.5 Å². The molecule has 0 saturated carbocycles. The Kier molecular flexibility index (Phi) is 5.58. The zero-order chi connectivity index (χ0) is 17.6. The number of benzene rings is 1. The Hall–Kier alpha value is -2.50. The Morgan fingerprint density at radius 2 is 1.80 bits per heavy atom. The molecule has 1 aliphatic heterocycles. The third kappa shape index (κ3) is 4.32. The van der Waals surface area contributed by atoms with Gasteiger partial charge in [-0.1, -0.05) is 19.9 Å². The predicted octanol–water partition coefficient (Wildman–Crippen LogP) is 3.75. The summed E-state index contributed by atoms with van der Waals surface area (Å²) in [5.41, 5.74) is 2.07. The lowest BCUT2D eigenvalue weighted by molar-refractivity contribution is 0.174. The summed E-state index contributed by atoms with van der Waals surface area (Å²) in [6.45, 7) is 9.33. The first-order chi connectivity index (χ1) is 12.2. The van der Waals surface area contributed by atoms with E-state index in [0.717, 1.165) is 54.5 Å². The van der Waals surface area contributed by atoms with Crippen molar-refractivity contribution in [2.24, 2.45) is 0 Å². The molecule has 0 amide bonds. The number of hydrogen-bond donors (Lipinski definition) is 1. The topological polar surface area (TPSA) is 59.5 Å². The molecule has 1 aromatic carbocycles. The molecule has 134 valence electrons. The van der Waals surface area contributed by atoms with Crippen molar-refractivity contribution in [1.82, 2.24) is 9.97 Å². The van der Waals surface area contributed by atoms with E-state index in [2.05, 4.69) is 35.1 Å². The summed E-state index contributed by atoms with van der Waals surface area (Å²) >= 11 is 0.